The van der Waals surface area contributed by atoms with Gasteiger partial charge < -0.3 is 19.5 Å². The molecule has 0 aliphatic heterocycles. The monoisotopic (exact) mass is 408 g/mol. The number of esters is 1. The van der Waals surface area contributed by atoms with E-state index >= 15 is 0 Å². The number of methoxy groups -OCH3 is 2. The molecule has 0 radical (unpaired) electrons. The Morgan fingerprint density at radius 2 is 1.82 bits per heavy atom. The SMILES string of the molecule is COC(=O)c1ccc(O[C@@H](C)C(=O)Nc2cc(Cl)ccc2OC)c([N+](=O)[O-])c1. The number of nitrogens with one attached hydrogen (secondary N) is 1. The molecule has 0 bridgehead atoms. The molecule has 2 aromatic carbocycles. The molecule has 148 valence electrons. The van der Waals surface area contributed by atoms with Crippen molar-refractivity contribution in [3.8, 4) is 11.5 Å². The largest absolute Gasteiger partial charge is 0.495 e. The Hall–Kier alpha value is -3.33. The zero-order chi connectivity index (χ0) is 20.8. The second-order valence-corrected chi connectivity index (χ2v) is 5.96. The normalized spacial score (nSPS) is 11.3. The maximum Gasteiger partial charge on any atom is 0.338 e. The molecule has 2 rings (SSSR count). The molecule has 1 amide bonds. The minimum atomic E-state index is -1.09. The van der Waals surface area contributed by atoms with E-state index in [2.05, 4.69) is 10.1 Å². The zero-order valence-electron chi connectivity index (χ0n) is 15.2. The van der Waals surface area contributed by atoms with Gasteiger partial charge in [0.05, 0.1) is 30.4 Å². The second-order valence-electron chi connectivity index (χ2n) is 5.53. The highest BCUT2D eigenvalue weighted by Gasteiger charge is 2.24. The van der Waals surface area contributed by atoms with Crippen LogP contribution in [0.2, 0.25) is 5.02 Å². The minimum Gasteiger partial charge on any atom is -0.495 e. The van der Waals surface area contributed by atoms with Crippen molar-refractivity contribution in [2.75, 3.05) is 19.5 Å². The van der Waals surface area contributed by atoms with E-state index in [-0.39, 0.29) is 11.3 Å². The number of halogens is 1. The quantitative estimate of drug-likeness (QED) is 0.423. The number of carbonyl (C=O) groups is 2. The molecule has 0 saturated carbocycles. The van der Waals surface area contributed by atoms with E-state index < -0.39 is 28.6 Å². The molecule has 28 heavy (non-hydrogen) atoms. The summed E-state index contributed by atoms with van der Waals surface area (Å²) in [5.41, 5.74) is -0.156. The van der Waals surface area contributed by atoms with Crippen molar-refractivity contribution in [2.45, 2.75) is 13.0 Å². The molecule has 2 aromatic rings. The third kappa shape index (κ3) is 4.89. The summed E-state index contributed by atoms with van der Waals surface area (Å²) in [6.07, 6.45) is -1.09. The second kappa shape index (κ2) is 9.05. The highest BCUT2D eigenvalue weighted by atomic mass is 35.5. The fourth-order valence-electron chi connectivity index (χ4n) is 2.26. The van der Waals surface area contributed by atoms with Crippen LogP contribution in [0.25, 0.3) is 0 Å². The number of rotatable bonds is 7. The molecule has 0 fully saturated rings. The molecule has 0 spiro atoms. The molecule has 1 atom stereocenters. The molecule has 0 aliphatic rings. The number of carbonyl (C=O) groups excluding carboxylic acids is 2. The van der Waals surface area contributed by atoms with Gasteiger partial charge in [0.1, 0.15) is 5.75 Å². The molecule has 0 unspecified atom stereocenters. The molecule has 0 aliphatic carbocycles. The Bertz CT molecular complexity index is 917. The molecule has 9 nitrogen and oxygen atoms in total. The van der Waals surface area contributed by atoms with E-state index in [0.717, 1.165) is 13.2 Å². The first-order chi connectivity index (χ1) is 13.3. The summed E-state index contributed by atoms with van der Waals surface area (Å²) >= 11 is 5.92. The van der Waals surface area contributed by atoms with Gasteiger partial charge in [-0.2, -0.15) is 0 Å². The minimum absolute atomic E-state index is 0.0117. The fraction of sp³-hybridized carbons (Fsp3) is 0.222. The Morgan fingerprint density at radius 3 is 2.43 bits per heavy atom. The van der Waals surface area contributed by atoms with Crippen LogP contribution in [0.15, 0.2) is 36.4 Å². The van der Waals surface area contributed by atoms with E-state index in [1.54, 1.807) is 12.1 Å². The average molecular weight is 409 g/mol. The van der Waals surface area contributed by atoms with Crippen LogP contribution >= 0.6 is 11.6 Å². The summed E-state index contributed by atoms with van der Waals surface area (Å²) in [4.78, 5) is 34.5. The molecular weight excluding hydrogens is 392 g/mol. The van der Waals surface area contributed by atoms with Gasteiger partial charge >= 0.3 is 11.7 Å². The number of hydrogen-bond acceptors (Lipinski definition) is 7. The predicted molar refractivity (Wildman–Crippen MR) is 101 cm³/mol. The smallest absolute Gasteiger partial charge is 0.338 e. The number of benzene rings is 2. The number of nitro groups is 1. The third-order valence-electron chi connectivity index (χ3n) is 3.67. The molecule has 0 heterocycles. The lowest BCUT2D eigenvalue weighted by atomic mass is 10.2. The number of amides is 1. The van der Waals surface area contributed by atoms with E-state index in [0.29, 0.717) is 16.5 Å². The summed E-state index contributed by atoms with van der Waals surface area (Å²) in [5, 5.41) is 14.3. The fourth-order valence-corrected chi connectivity index (χ4v) is 2.43. The van der Waals surface area contributed by atoms with Gasteiger partial charge in [-0.1, -0.05) is 11.6 Å². The first-order valence-electron chi connectivity index (χ1n) is 7.94. The zero-order valence-corrected chi connectivity index (χ0v) is 16.0. The van der Waals surface area contributed by atoms with Gasteiger partial charge in [0.2, 0.25) is 0 Å². The van der Waals surface area contributed by atoms with Crippen molar-refractivity contribution in [2.24, 2.45) is 0 Å². The first kappa shape index (κ1) is 21.0. The first-order valence-corrected chi connectivity index (χ1v) is 8.32. The van der Waals surface area contributed by atoms with Gasteiger partial charge in [0, 0.05) is 11.1 Å². The molecule has 1 N–H and O–H groups in total. The van der Waals surface area contributed by atoms with Crippen molar-refractivity contribution in [1.29, 1.82) is 0 Å². The van der Waals surface area contributed by atoms with E-state index in [9.17, 15) is 19.7 Å². The molecular formula is C18H17ClN2O7. The van der Waals surface area contributed by atoms with Crippen LogP contribution < -0.4 is 14.8 Å². The van der Waals surface area contributed by atoms with Crippen molar-refractivity contribution in [1.82, 2.24) is 0 Å². The highest BCUT2D eigenvalue weighted by Crippen LogP contribution is 2.30. The van der Waals surface area contributed by atoms with Crippen molar-refractivity contribution >= 4 is 34.9 Å². The van der Waals surface area contributed by atoms with E-state index in [1.165, 1.54) is 32.2 Å². The predicted octanol–water partition coefficient (Wildman–Crippen LogP) is 3.45. The van der Waals surface area contributed by atoms with Crippen LogP contribution in [0, 0.1) is 10.1 Å². The Labute approximate surface area is 165 Å². The Morgan fingerprint density at radius 1 is 1.14 bits per heavy atom. The van der Waals surface area contributed by atoms with Crippen molar-refractivity contribution in [3.05, 3.63) is 57.1 Å². The van der Waals surface area contributed by atoms with Gasteiger partial charge in [0.15, 0.2) is 11.9 Å². The topological polar surface area (TPSA) is 117 Å². The maximum absolute atomic E-state index is 12.4. The van der Waals surface area contributed by atoms with Gasteiger partial charge in [-0.15, -0.1) is 0 Å². The van der Waals surface area contributed by atoms with Gasteiger partial charge in [0.25, 0.3) is 5.91 Å². The van der Waals surface area contributed by atoms with E-state index in [4.69, 9.17) is 21.1 Å². The Kier molecular flexibility index (Phi) is 6.78. The standard InChI is InChI=1S/C18H17ClN2O7/c1-10(17(22)20-13-9-12(19)5-7-15(13)26-2)28-16-6-4-11(18(23)27-3)8-14(16)21(24)25/h4-10H,1-3H3,(H,20,22)/t10-/m0/s1. The number of anilines is 1. The lowest BCUT2D eigenvalue weighted by molar-refractivity contribution is -0.386. The van der Waals surface area contributed by atoms with Crippen LogP contribution in [0.4, 0.5) is 11.4 Å². The van der Waals surface area contributed by atoms with Crippen LogP contribution in [-0.4, -0.2) is 37.1 Å². The number of ether oxygens (including phenoxy) is 3. The van der Waals surface area contributed by atoms with Gasteiger partial charge in [-0.25, -0.2) is 4.79 Å². The number of hydrogen-bond donors (Lipinski definition) is 1. The summed E-state index contributed by atoms with van der Waals surface area (Å²) in [7, 11) is 2.60. The lowest BCUT2D eigenvalue weighted by Crippen LogP contribution is -2.30. The number of nitrogens with zero attached hydrogens (tertiary/aromatic N) is 1. The average Bonchev–Trinajstić information content (AvgIpc) is 2.67. The molecule has 0 aromatic heterocycles. The summed E-state index contributed by atoms with van der Waals surface area (Å²) < 4.78 is 15.1. The van der Waals surface area contributed by atoms with Crippen LogP contribution in [0.5, 0.6) is 11.5 Å². The lowest BCUT2D eigenvalue weighted by Gasteiger charge is -2.16. The summed E-state index contributed by atoms with van der Waals surface area (Å²) in [6.45, 7) is 1.42. The highest BCUT2D eigenvalue weighted by molar-refractivity contribution is 6.31. The Balaban J connectivity index is 2.21. The molecule has 0 saturated heterocycles. The number of nitro benzene ring substituents is 1. The summed E-state index contributed by atoms with van der Waals surface area (Å²) in [5.74, 6) is -1.09. The van der Waals surface area contributed by atoms with Crippen LogP contribution in [0.3, 0.4) is 0 Å². The van der Waals surface area contributed by atoms with Crippen molar-refractivity contribution < 1.29 is 28.7 Å². The summed E-state index contributed by atoms with van der Waals surface area (Å²) in [6, 6.07) is 8.24. The van der Waals surface area contributed by atoms with E-state index in [1.807, 2.05) is 0 Å². The van der Waals surface area contributed by atoms with Crippen molar-refractivity contribution in [3.63, 3.8) is 0 Å². The third-order valence-corrected chi connectivity index (χ3v) is 3.90. The van der Waals surface area contributed by atoms with Crippen LogP contribution in [0.1, 0.15) is 17.3 Å². The van der Waals surface area contributed by atoms with Crippen LogP contribution in [-0.2, 0) is 9.53 Å². The molecule has 10 heteroatoms. The van der Waals surface area contributed by atoms with Gasteiger partial charge in [-0.3, -0.25) is 14.9 Å². The van der Waals surface area contributed by atoms with Gasteiger partial charge in [-0.05, 0) is 37.3 Å². The maximum atomic E-state index is 12.4.